The molecule has 0 nitrogen and oxygen atoms in total. The SMILES string of the molecule is Fc1ccc([CH2][Zn+])cc1.[I-]. The molecule has 0 atom stereocenters. The van der Waals surface area contributed by atoms with Gasteiger partial charge >= 0.3 is 63.4 Å². The zero-order valence-electron chi connectivity index (χ0n) is 5.48. The van der Waals surface area contributed by atoms with Crippen molar-refractivity contribution in [2.45, 2.75) is 5.02 Å². The van der Waals surface area contributed by atoms with Crippen LogP contribution in [-0.2, 0) is 23.3 Å². The molecule has 0 saturated carbocycles. The number of hydrogen-bond donors (Lipinski definition) is 0. The van der Waals surface area contributed by atoms with E-state index in [0.717, 1.165) is 5.02 Å². The van der Waals surface area contributed by atoms with Gasteiger partial charge in [0.15, 0.2) is 0 Å². The predicted octanol–water partition coefficient (Wildman–Crippen LogP) is -1.12. The molecule has 0 aliphatic carbocycles. The first-order valence-electron chi connectivity index (χ1n) is 2.86. The third kappa shape index (κ3) is 3.06. The first-order chi connectivity index (χ1) is 4.33. The van der Waals surface area contributed by atoms with Crippen molar-refractivity contribution in [1.29, 1.82) is 0 Å². The van der Waals surface area contributed by atoms with Crippen molar-refractivity contribution in [3.8, 4) is 0 Å². The number of hydrogen-bond acceptors (Lipinski definition) is 0. The van der Waals surface area contributed by atoms with Gasteiger partial charge in [0, 0.05) is 0 Å². The van der Waals surface area contributed by atoms with Crippen molar-refractivity contribution in [2.24, 2.45) is 0 Å². The molecule has 0 aliphatic rings. The Morgan fingerprint density at radius 3 is 2.10 bits per heavy atom. The van der Waals surface area contributed by atoms with Gasteiger partial charge in [0.2, 0.25) is 0 Å². The van der Waals surface area contributed by atoms with E-state index in [-0.39, 0.29) is 29.8 Å². The summed E-state index contributed by atoms with van der Waals surface area (Å²) in [5, 5.41) is 1.10. The van der Waals surface area contributed by atoms with Gasteiger partial charge in [-0.15, -0.1) is 0 Å². The van der Waals surface area contributed by atoms with Crippen LogP contribution in [0.1, 0.15) is 5.56 Å². The second kappa shape index (κ2) is 5.19. The molecule has 1 aromatic carbocycles. The van der Waals surface area contributed by atoms with Gasteiger partial charge in [-0.3, -0.25) is 0 Å². The van der Waals surface area contributed by atoms with Crippen molar-refractivity contribution in [3.05, 3.63) is 35.6 Å². The van der Waals surface area contributed by atoms with Crippen LogP contribution in [0.25, 0.3) is 0 Å². The van der Waals surface area contributed by atoms with E-state index in [1.165, 1.54) is 36.0 Å². The van der Waals surface area contributed by atoms with Gasteiger partial charge in [0.1, 0.15) is 0 Å². The van der Waals surface area contributed by atoms with Crippen LogP contribution in [0.15, 0.2) is 24.3 Å². The summed E-state index contributed by atoms with van der Waals surface area (Å²) in [7, 11) is 0. The Morgan fingerprint density at radius 2 is 1.70 bits per heavy atom. The Balaban J connectivity index is 0.000000810. The quantitative estimate of drug-likeness (QED) is 0.455. The fourth-order valence-electron chi connectivity index (χ4n) is 0.651. The summed E-state index contributed by atoms with van der Waals surface area (Å²) in [4.78, 5) is 0. The summed E-state index contributed by atoms with van der Waals surface area (Å²) in [6, 6.07) is 6.67. The van der Waals surface area contributed by atoms with E-state index in [0.29, 0.717) is 0 Å². The second-order valence-corrected chi connectivity index (χ2v) is 2.93. The Hall–Kier alpha value is 0.503. The summed E-state index contributed by atoms with van der Waals surface area (Å²) in [5.74, 6) is -0.146. The molecule has 0 unspecified atom stereocenters. The Morgan fingerprint density at radius 1 is 1.20 bits per heavy atom. The number of rotatable bonds is 1. The minimum Gasteiger partial charge on any atom is -1.00 e. The van der Waals surface area contributed by atoms with Crippen molar-refractivity contribution in [3.63, 3.8) is 0 Å². The maximum Gasteiger partial charge on any atom is -1.00 e. The third-order valence-electron chi connectivity index (χ3n) is 1.20. The molecule has 50 valence electrons. The third-order valence-corrected chi connectivity index (χ3v) is 2.41. The molecule has 0 radical (unpaired) electrons. The average molecular weight is 301 g/mol. The topological polar surface area (TPSA) is 0 Å². The Labute approximate surface area is 86.9 Å². The molecular weight excluding hydrogens is 295 g/mol. The van der Waals surface area contributed by atoms with Crippen LogP contribution < -0.4 is 24.0 Å². The van der Waals surface area contributed by atoms with E-state index in [4.69, 9.17) is 0 Å². The van der Waals surface area contributed by atoms with Gasteiger partial charge in [-0.25, -0.2) is 0 Å². The minimum absolute atomic E-state index is 0. The zero-order chi connectivity index (χ0) is 6.69. The van der Waals surface area contributed by atoms with Gasteiger partial charge in [-0.05, 0) is 0 Å². The smallest absolute Gasteiger partial charge is 1.00 e. The fraction of sp³-hybridized carbons (Fsp3) is 0.143. The van der Waals surface area contributed by atoms with E-state index in [2.05, 4.69) is 0 Å². The van der Waals surface area contributed by atoms with E-state index in [1.807, 2.05) is 12.1 Å². The molecule has 0 amide bonds. The van der Waals surface area contributed by atoms with Crippen molar-refractivity contribution < 1.29 is 46.7 Å². The molecule has 0 saturated heterocycles. The number of benzene rings is 1. The maximum absolute atomic E-state index is 12.2. The largest absolute Gasteiger partial charge is 1.00 e. The Kier molecular flexibility index (Phi) is 5.45. The summed E-state index contributed by atoms with van der Waals surface area (Å²) >= 11 is 1.24. The molecule has 0 bridgehead atoms. The zero-order valence-corrected chi connectivity index (χ0v) is 10.6. The fourth-order valence-corrected chi connectivity index (χ4v) is 1.35. The maximum atomic E-state index is 12.2. The molecule has 1 rings (SSSR count). The molecule has 0 aliphatic heterocycles. The summed E-state index contributed by atoms with van der Waals surface area (Å²) in [6.45, 7) is 0. The summed E-state index contributed by atoms with van der Waals surface area (Å²) in [5.41, 5.74) is 1.23. The van der Waals surface area contributed by atoms with Crippen molar-refractivity contribution >= 4 is 0 Å². The molecule has 1 aromatic rings. The Bertz CT molecular complexity index is 185. The van der Waals surface area contributed by atoms with E-state index >= 15 is 0 Å². The van der Waals surface area contributed by atoms with Crippen LogP contribution in [0.5, 0.6) is 0 Å². The van der Waals surface area contributed by atoms with Crippen LogP contribution in [0, 0.1) is 5.82 Å². The molecule has 0 N–H and O–H groups in total. The van der Waals surface area contributed by atoms with Crippen LogP contribution in [0.4, 0.5) is 4.39 Å². The van der Waals surface area contributed by atoms with Gasteiger partial charge in [-0.1, -0.05) is 0 Å². The molecule has 10 heavy (non-hydrogen) atoms. The standard InChI is InChI=1S/C7H6F.HI.Zn/c1-6-2-4-7(8)5-3-6;;/h2-5H,1H2;1H;/q;;+1/p-1. The molecule has 3 heteroatoms. The first-order valence-corrected chi connectivity index (χ1v) is 4.96. The molecular formula is C7H6FIZn. The monoisotopic (exact) mass is 300 g/mol. The van der Waals surface area contributed by atoms with Crippen molar-refractivity contribution in [1.82, 2.24) is 0 Å². The molecule has 0 fully saturated rings. The van der Waals surface area contributed by atoms with Gasteiger partial charge < -0.3 is 24.0 Å². The average Bonchev–Trinajstić information content (AvgIpc) is 1.90. The molecule has 0 spiro atoms. The first kappa shape index (κ1) is 10.5. The number of halogens is 2. The van der Waals surface area contributed by atoms with Crippen LogP contribution >= 0.6 is 0 Å². The van der Waals surface area contributed by atoms with Gasteiger partial charge in [0.05, 0.1) is 0 Å². The summed E-state index contributed by atoms with van der Waals surface area (Å²) in [6.07, 6.45) is 0. The molecule has 0 aromatic heterocycles. The second-order valence-electron chi connectivity index (χ2n) is 1.88. The van der Waals surface area contributed by atoms with E-state index in [9.17, 15) is 4.39 Å². The van der Waals surface area contributed by atoms with E-state index in [1.54, 1.807) is 0 Å². The normalized spacial score (nSPS) is 8.70. The van der Waals surface area contributed by atoms with Crippen LogP contribution in [0.2, 0.25) is 0 Å². The van der Waals surface area contributed by atoms with E-state index < -0.39 is 0 Å². The van der Waals surface area contributed by atoms with Crippen LogP contribution in [-0.4, -0.2) is 0 Å². The summed E-state index contributed by atoms with van der Waals surface area (Å²) < 4.78 is 12.2. The predicted molar refractivity (Wildman–Crippen MR) is 30.1 cm³/mol. The van der Waals surface area contributed by atoms with Gasteiger partial charge in [0.25, 0.3) is 0 Å². The minimum atomic E-state index is -0.146. The van der Waals surface area contributed by atoms with Crippen LogP contribution in [0.3, 0.4) is 0 Å². The molecule has 0 heterocycles. The van der Waals surface area contributed by atoms with Crippen molar-refractivity contribution in [2.75, 3.05) is 0 Å². The van der Waals surface area contributed by atoms with Gasteiger partial charge in [-0.2, -0.15) is 0 Å².